The minimum atomic E-state index is -2.50. The van der Waals surface area contributed by atoms with Crippen molar-refractivity contribution in [1.82, 2.24) is 30.0 Å². The van der Waals surface area contributed by atoms with Gasteiger partial charge in [-0.3, -0.25) is 33.7 Å². The molecule has 5 N–H and O–H groups in total. The average molecular weight is 1260 g/mol. The van der Waals surface area contributed by atoms with Gasteiger partial charge in [0.2, 0.25) is 17.6 Å². The Hall–Kier alpha value is -6.12. The number of cyclic esters (lactones) is 1. The van der Waals surface area contributed by atoms with Gasteiger partial charge in [0.15, 0.2) is 5.78 Å². The zero-order valence-electron chi connectivity index (χ0n) is 54.7. The largest absolute Gasteiger partial charge is 0.459 e. The molecule has 6 rings (SSSR count). The van der Waals surface area contributed by atoms with Crippen molar-refractivity contribution >= 4 is 53.0 Å². The number of fused-ring (bicyclic) bond motifs is 3. The number of piperazine rings is 1. The van der Waals surface area contributed by atoms with Crippen LogP contribution < -0.4 is 16.0 Å². The van der Waals surface area contributed by atoms with Crippen LogP contribution in [-0.4, -0.2) is 217 Å². The number of hydrogen-bond donors (Lipinski definition) is 4. The van der Waals surface area contributed by atoms with Crippen LogP contribution in [0.1, 0.15) is 131 Å². The molecule has 24 heteroatoms. The molecule has 3 saturated heterocycles. The van der Waals surface area contributed by atoms with Crippen LogP contribution >= 0.6 is 0 Å². The van der Waals surface area contributed by atoms with Gasteiger partial charge in [0.25, 0.3) is 11.7 Å². The fourth-order valence-electron chi connectivity index (χ4n) is 12.9. The van der Waals surface area contributed by atoms with Crippen molar-refractivity contribution in [3.63, 3.8) is 0 Å². The molecule has 3 amide bonds. The van der Waals surface area contributed by atoms with E-state index in [1.54, 1.807) is 70.1 Å². The summed E-state index contributed by atoms with van der Waals surface area (Å²) in [5.74, 6) is -8.24. The summed E-state index contributed by atoms with van der Waals surface area (Å²) in [6, 6.07) is -2.21. The van der Waals surface area contributed by atoms with Gasteiger partial charge in [-0.05, 0) is 115 Å². The summed E-state index contributed by atoms with van der Waals surface area (Å²) in [6.45, 7) is 14.5. The first kappa shape index (κ1) is 72.9. The van der Waals surface area contributed by atoms with E-state index in [4.69, 9.17) is 34.2 Å². The Bertz CT molecular complexity index is 2750. The number of amides is 3. The summed E-state index contributed by atoms with van der Waals surface area (Å²) in [5, 5.41) is 26.4. The molecule has 0 aromatic carbocycles. The van der Waals surface area contributed by atoms with Crippen LogP contribution in [0.3, 0.4) is 0 Å². The van der Waals surface area contributed by atoms with E-state index in [-0.39, 0.29) is 81.2 Å². The van der Waals surface area contributed by atoms with Gasteiger partial charge in [0.1, 0.15) is 42.0 Å². The molecule has 1 aromatic heterocycles. The van der Waals surface area contributed by atoms with E-state index in [1.807, 2.05) is 49.1 Å². The first-order valence-electron chi connectivity index (χ1n) is 32.0. The highest BCUT2D eigenvalue weighted by Gasteiger charge is 2.53. The number of piperidine rings is 1. The summed E-state index contributed by atoms with van der Waals surface area (Å²) < 4.78 is 35.7. The topological polar surface area (TPSA) is 309 Å². The Morgan fingerprint density at radius 2 is 1.56 bits per heavy atom. The highest BCUT2D eigenvalue weighted by molar-refractivity contribution is 6.39. The van der Waals surface area contributed by atoms with Gasteiger partial charge in [-0.1, -0.05) is 64.2 Å². The third-order valence-corrected chi connectivity index (χ3v) is 18.4. The average Bonchev–Trinajstić information content (AvgIpc) is 0.895. The van der Waals surface area contributed by atoms with Crippen molar-refractivity contribution in [2.75, 3.05) is 79.1 Å². The number of nitrogens with one attached hydrogen (secondary N) is 1. The SMILES string of the molecule is CO[C@H]1C[C@@H]2CC[C@@H](C)[C@@](O)(O2)C(=O)C(=O)N2CCCC[C@H]2C(=O)O[C@H]([C@H](N)C[C@@H]2CC[C@@H](OC(=O)NCc3cnc(N4CCN(C(=O)CN(C)CC(C)=O)CC4)nc3)[C@H](OC)C2)CC(=O)[C@H](C)/C=C(\C)[C@@H](O)[C@@H](OC)C(=O)[C@H](C)C[C@H](C)/C=C/C=C/C=C/1C. The van der Waals surface area contributed by atoms with Crippen molar-refractivity contribution in [3.8, 4) is 0 Å². The molecule has 5 heterocycles. The number of carbonyl (C=O) groups is 8. The number of likely N-dealkylation sites (N-methyl/N-ethyl adjacent to an activating group) is 1. The first-order chi connectivity index (χ1) is 42.8. The number of esters is 1. The lowest BCUT2D eigenvalue weighted by molar-refractivity contribution is -0.265. The molecule has 1 saturated carbocycles. The van der Waals surface area contributed by atoms with Crippen molar-refractivity contribution in [2.45, 2.75) is 193 Å². The normalized spacial score (nSPS) is 33.4. The van der Waals surface area contributed by atoms with Gasteiger partial charge in [-0.25, -0.2) is 19.6 Å². The molecular weight excluding hydrogens is 1160 g/mol. The van der Waals surface area contributed by atoms with Gasteiger partial charge in [0, 0.05) is 115 Å². The first-order valence-corrected chi connectivity index (χ1v) is 32.0. The number of ketones is 4. The summed E-state index contributed by atoms with van der Waals surface area (Å²) in [6.07, 6.45) is 11.3. The number of aliphatic hydroxyl groups is 2. The minimum absolute atomic E-state index is 0.0104. The Morgan fingerprint density at radius 1 is 0.844 bits per heavy atom. The number of alkyl carbamates (subject to hydrolysis) is 1. The number of rotatable bonds is 14. The quantitative estimate of drug-likeness (QED) is 0.111. The number of Topliss-reactive ketones (excluding diaryl/α,β-unsaturated/α-hetero) is 4. The van der Waals surface area contributed by atoms with Crippen LogP contribution in [0.2, 0.25) is 0 Å². The van der Waals surface area contributed by atoms with Crippen molar-refractivity contribution < 1.29 is 77.0 Å². The number of methoxy groups -OCH3 is 3. The zero-order valence-corrected chi connectivity index (χ0v) is 54.7. The van der Waals surface area contributed by atoms with Crippen LogP contribution in [0.15, 0.2) is 60.0 Å². The van der Waals surface area contributed by atoms with Gasteiger partial charge in [-0.15, -0.1) is 0 Å². The molecule has 24 nitrogen and oxygen atoms in total. The van der Waals surface area contributed by atoms with Gasteiger partial charge >= 0.3 is 12.1 Å². The molecule has 500 valence electrons. The molecular formula is C66H100N8O16. The lowest BCUT2D eigenvalue weighted by Crippen LogP contribution is -2.61. The van der Waals surface area contributed by atoms with E-state index in [0.717, 1.165) is 10.5 Å². The fourth-order valence-corrected chi connectivity index (χ4v) is 12.9. The van der Waals surface area contributed by atoms with E-state index < -0.39 is 108 Å². The summed E-state index contributed by atoms with van der Waals surface area (Å²) in [5.41, 5.74) is 8.83. The predicted molar refractivity (Wildman–Crippen MR) is 334 cm³/mol. The molecule has 1 aromatic rings. The number of hydrogen-bond acceptors (Lipinski definition) is 21. The number of carbonyl (C=O) groups excluding carboxylic acids is 8. The third-order valence-electron chi connectivity index (χ3n) is 18.4. The predicted octanol–water partition coefficient (Wildman–Crippen LogP) is 4.77. The Labute approximate surface area is 530 Å². The third kappa shape index (κ3) is 20.2. The molecule has 0 spiro atoms. The van der Waals surface area contributed by atoms with E-state index >= 15 is 0 Å². The van der Waals surface area contributed by atoms with E-state index in [1.165, 1.54) is 21.1 Å². The number of ether oxygens (including phenoxy) is 6. The number of nitrogens with two attached hydrogens (primary N) is 1. The number of anilines is 1. The number of aliphatic hydroxyl groups excluding tert-OH is 1. The molecule has 2 bridgehead atoms. The van der Waals surface area contributed by atoms with Gasteiger partial charge in [0.05, 0.1) is 31.4 Å². The van der Waals surface area contributed by atoms with E-state index in [0.29, 0.717) is 94.6 Å². The fraction of sp³-hybridized carbons (Fsp3) is 0.697. The Morgan fingerprint density at radius 3 is 2.22 bits per heavy atom. The lowest BCUT2D eigenvalue weighted by atomic mass is 9.80. The van der Waals surface area contributed by atoms with Crippen LogP contribution in [0.25, 0.3) is 0 Å². The van der Waals surface area contributed by atoms with E-state index in [2.05, 4.69) is 15.3 Å². The Kier molecular flexibility index (Phi) is 28.0. The second-order valence-corrected chi connectivity index (χ2v) is 25.6. The van der Waals surface area contributed by atoms with Crippen LogP contribution in [-0.2, 0) is 68.5 Å². The van der Waals surface area contributed by atoms with Gasteiger partial charge in [-0.2, -0.15) is 0 Å². The van der Waals surface area contributed by atoms with Gasteiger partial charge < -0.3 is 64.4 Å². The van der Waals surface area contributed by atoms with Crippen molar-refractivity contribution in [2.24, 2.45) is 35.3 Å². The standard InChI is InChI=1S/C66H100N8O16/c1-40-17-13-12-14-18-41(2)54(85-9)33-49-22-20-45(6)66(84,90-49)61(80)62(81)74-24-16-15-19-51(74)63(82)88-55(34-52(76)42(3)30-44(5)59(79)60(87-11)58(78)43(4)29-40)50(67)31-47-21-23-53(56(32-47)86-10)89-65(83)70-37-48-35-68-64(69-36-48)73-27-25-72(26-28-73)57(77)39-71(8)38-46(7)75/h12-14,17-18,30,35-36,40,42-43,45,47,49-51,53-56,59-60,79,84H,15-16,19-29,31-34,37-39,67H2,1-11H3,(H,70,83)/b14-12+,17-13+,41-18+,44-30+/t40-,42-,43-,45-,47+,49+,50-,51+,53-,54+,55+,56-,59-,60+,66-/m1/s1. The molecule has 15 atom stereocenters. The summed E-state index contributed by atoms with van der Waals surface area (Å²) in [4.78, 5) is 125. The lowest BCUT2D eigenvalue weighted by Gasteiger charge is -2.42. The highest BCUT2D eigenvalue weighted by Crippen LogP contribution is 2.38. The number of allylic oxidation sites excluding steroid dienone is 6. The van der Waals surface area contributed by atoms with Crippen molar-refractivity contribution in [3.05, 3.63) is 65.6 Å². The second-order valence-electron chi connectivity index (χ2n) is 25.6. The maximum atomic E-state index is 14.7. The summed E-state index contributed by atoms with van der Waals surface area (Å²) in [7, 11) is 6.17. The maximum absolute atomic E-state index is 14.7. The van der Waals surface area contributed by atoms with Crippen molar-refractivity contribution in [1.29, 1.82) is 0 Å². The summed E-state index contributed by atoms with van der Waals surface area (Å²) >= 11 is 0. The number of nitrogens with zero attached hydrogens (tertiary/aromatic N) is 6. The minimum Gasteiger partial charge on any atom is -0.459 e. The van der Waals surface area contributed by atoms with E-state index in [9.17, 15) is 48.6 Å². The van der Waals surface area contributed by atoms with Crippen LogP contribution in [0, 0.1) is 29.6 Å². The number of aromatic nitrogens is 2. The highest BCUT2D eigenvalue weighted by atomic mass is 16.6. The Balaban J connectivity index is 1.15. The molecule has 4 aliphatic heterocycles. The molecule has 5 aliphatic rings. The molecule has 1 aliphatic carbocycles. The van der Waals surface area contributed by atoms with Crippen LogP contribution in [0.5, 0.6) is 0 Å². The maximum Gasteiger partial charge on any atom is 0.407 e. The smallest absolute Gasteiger partial charge is 0.407 e. The molecule has 4 fully saturated rings. The molecule has 0 unspecified atom stereocenters. The van der Waals surface area contributed by atoms with Crippen LogP contribution in [0.4, 0.5) is 10.7 Å². The monoisotopic (exact) mass is 1260 g/mol. The second kappa shape index (κ2) is 34.5. The molecule has 90 heavy (non-hydrogen) atoms. The molecule has 0 radical (unpaired) electrons. The zero-order chi connectivity index (χ0) is 66.0.